The van der Waals surface area contributed by atoms with Crippen molar-refractivity contribution in [3.8, 4) is 0 Å². The summed E-state index contributed by atoms with van der Waals surface area (Å²) in [6, 6.07) is 8.70. The van der Waals surface area contributed by atoms with Gasteiger partial charge < -0.3 is 5.32 Å². The van der Waals surface area contributed by atoms with Crippen molar-refractivity contribution in [2.75, 3.05) is 18.6 Å². The summed E-state index contributed by atoms with van der Waals surface area (Å²) in [5.41, 5.74) is 0.864. The molecule has 0 aliphatic carbocycles. The number of urea groups is 1. The molecule has 0 bridgehead atoms. The molecule has 3 amide bonds. The molecule has 1 atom stereocenters. The molecule has 0 spiro atoms. The van der Waals surface area contributed by atoms with Gasteiger partial charge in [-0.1, -0.05) is 44.2 Å². The molecule has 1 aromatic rings. The average Bonchev–Trinajstić information content (AvgIpc) is 2.72. The van der Waals surface area contributed by atoms with E-state index in [2.05, 4.69) is 5.32 Å². The van der Waals surface area contributed by atoms with E-state index in [1.54, 1.807) is 0 Å². The Morgan fingerprint density at radius 3 is 2.38 bits per heavy atom. The van der Waals surface area contributed by atoms with E-state index in [1.165, 1.54) is 4.90 Å². The lowest BCUT2D eigenvalue weighted by Crippen LogP contribution is -2.40. The van der Waals surface area contributed by atoms with Gasteiger partial charge in [-0.3, -0.25) is 9.69 Å². The highest BCUT2D eigenvalue weighted by Gasteiger charge is 2.40. The first-order valence-electron chi connectivity index (χ1n) is 7.91. The molecular formula is C17H24N2O4S. The van der Waals surface area contributed by atoms with Crippen molar-refractivity contribution < 1.29 is 18.0 Å². The Morgan fingerprint density at radius 1 is 1.17 bits per heavy atom. The predicted octanol–water partition coefficient (Wildman–Crippen LogP) is 1.61. The maximum Gasteiger partial charge on any atom is 0.324 e. The van der Waals surface area contributed by atoms with Gasteiger partial charge in [0.15, 0.2) is 0 Å². The number of carbonyl (C=O) groups is 2. The maximum atomic E-state index is 12.4. The van der Waals surface area contributed by atoms with Gasteiger partial charge in [-0.05, 0) is 23.8 Å². The second-order valence-corrected chi connectivity index (χ2v) is 9.43. The molecule has 1 N–H and O–H groups in total. The molecule has 7 heteroatoms. The van der Waals surface area contributed by atoms with Gasteiger partial charge in [-0.2, -0.15) is 0 Å². The van der Waals surface area contributed by atoms with Crippen LogP contribution in [0.1, 0.15) is 25.8 Å². The zero-order valence-corrected chi connectivity index (χ0v) is 15.1. The highest BCUT2D eigenvalue weighted by atomic mass is 32.2. The van der Waals surface area contributed by atoms with Crippen LogP contribution in [-0.4, -0.2) is 49.9 Å². The van der Waals surface area contributed by atoms with E-state index < -0.39 is 21.9 Å². The molecule has 1 saturated heterocycles. The maximum absolute atomic E-state index is 12.4. The lowest BCUT2D eigenvalue weighted by Gasteiger charge is -2.28. The van der Waals surface area contributed by atoms with Crippen molar-refractivity contribution in [2.45, 2.75) is 32.7 Å². The highest BCUT2D eigenvalue weighted by molar-refractivity contribution is 7.90. The number of hydrogen-bond acceptors (Lipinski definition) is 4. The molecule has 1 fully saturated rings. The van der Waals surface area contributed by atoms with Crippen LogP contribution in [-0.2, 0) is 21.1 Å². The van der Waals surface area contributed by atoms with Crippen molar-refractivity contribution in [2.24, 2.45) is 5.41 Å². The van der Waals surface area contributed by atoms with E-state index in [-0.39, 0.29) is 23.5 Å². The predicted molar refractivity (Wildman–Crippen MR) is 92.3 cm³/mol. The SMILES string of the molecule is CC(C)(Cc1ccccc1)CN1C(=O)NC(CCS(C)(=O)=O)C1=O. The number of carbonyl (C=O) groups excluding carboxylic acids is 2. The van der Waals surface area contributed by atoms with E-state index >= 15 is 0 Å². The van der Waals surface area contributed by atoms with E-state index in [1.807, 2.05) is 44.2 Å². The molecular weight excluding hydrogens is 328 g/mol. The van der Waals surface area contributed by atoms with Gasteiger partial charge in [0.1, 0.15) is 15.9 Å². The molecule has 0 aromatic heterocycles. The summed E-state index contributed by atoms with van der Waals surface area (Å²) in [5.74, 6) is -0.463. The first-order chi connectivity index (χ1) is 11.1. The standard InChI is InChI=1S/C17H24N2O4S/c1-17(2,11-13-7-5-4-6-8-13)12-19-15(20)14(18-16(19)21)9-10-24(3,22)23/h4-8,14H,9-12H2,1-3H3,(H,18,21). The molecule has 24 heavy (non-hydrogen) atoms. The summed E-state index contributed by atoms with van der Waals surface area (Å²) >= 11 is 0. The second-order valence-electron chi connectivity index (χ2n) is 7.17. The smallest absolute Gasteiger partial charge is 0.324 e. The van der Waals surface area contributed by atoms with Crippen LogP contribution in [0.3, 0.4) is 0 Å². The van der Waals surface area contributed by atoms with Crippen LogP contribution in [0.4, 0.5) is 4.79 Å². The summed E-state index contributed by atoms with van der Waals surface area (Å²) in [7, 11) is -3.17. The largest absolute Gasteiger partial charge is 0.326 e. The fourth-order valence-corrected chi connectivity index (χ4v) is 3.55. The summed E-state index contributed by atoms with van der Waals surface area (Å²) in [6.07, 6.45) is 1.97. The molecule has 0 radical (unpaired) electrons. The van der Waals surface area contributed by atoms with Crippen molar-refractivity contribution >= 4 is 21.8 Å². The van der Waals surface area contributed by atoms with Gasteiger partial charge in [0.05, 0.1) is 5.75 Å². The molecule has 1 aliphatic heterocycles. The van der Waals surface area contributed by atoms with Crippen LogP contribution in [0, 0.1) is 5.41 Å². The third-order valence-corrected chi connectivity index (χ3v) is 4.97. The topological polar surface area (TPSA) is 83.6 Å². The molecule has 132 valence electrons. The number of amides is 3. The molecule has 1 aromatic carbocycles. The second kappa shape index (κ2) is 6.93. The summed E-state index contributed by atoms with van der Waals surface area (Å²) in [5, 5.41) is 2.59. The minimum atomic E-state index is -3.17. The lowest BCUT2D eigenvalue weighted by molar-refractivity contribution is -0.128. The van der Waals surface area contributed by atoms with Crippen LogP contribution in [0.5, 0.6) is 0 Å². The molecule has 6 nitrogen and oxygen atoms in total. The summed E-state index contributed by atoms with van der Waals surface area (Å²) < 4.78 is 22.5. The van der Waals surface area contributed by atoms with E-state index in [0.29, 0.717) is 6.54 Å². The molecule has 1 heterocycles. The fourth-order valence-electron chi connectivity index (χ4n) is 2.89. The first kappa shape index (κ1) is 18.4. The number of sulfone groups is 1. The molecule has 1 aliphatic rings. The molecule has 1 unspecified atom stereocenters. The number of nitrogens with one attached hydrogen (secondary N) is 1. The van der Waals surface area contributed by atoms with E-state index in [0.717, 1.165) is 18.2 Å². The van der Waals surface area contributed by atoms with Gasteiger partial charge in [-0.15, -0.1) is 0 Å². The van der Waals surface area contributed by atoms with Crippen LogP contribution in [0.25, 0.3) is 0 Å². The third-order valence-electron chi connectivity index (χ3n) is 4.00. The summed E-state index contributed by atoms with van der Waals surface area (Å²) in [6.45, 7) is 4.30. The Bertz CT molecular complexity index is 713. The van der Waals surface area contributed by atoms with Gasteiger partial charge in [-0.25, -0.2) is 13.2 Å². The van der Waals surface area contributed by atoms with Gasteiger partial charge >= 0.3 is 6.03 Å². The Balaban J connectivity index is 2.01. The zero-order chi connectivity index (χ0) is 18.0. The van der Waals surface area contributed by atoms with Crippen molar-refractivity contribution in [1.82, 2.24) is 10.2 Å². The molecule has 2 rings (SSSR count). The molecule has 0 saturated carbocycles. The summed E-state index contributed by atoms with van der Waals surface area (Å²) in [4.78, 5) is 25.7. The number of rotatable bonds is 7. The van der Waals surface area contributed by atoms with Crippen molar-refractivity contribution in [1.29, 1.82) is 0 Å². The Morgan fingerprint density at radius 2 is 1.79 bits per heavy atom. The van der Waals surface area contributed by atoms with Crippen LogP contribution < -0.4 is 5.32 Å². The van der Waals surface area contributed by atoms with Gasteiger partial charge in [0.25, 0.3) is 5.91 Å². The highest BCUT2D eigenvalue weighted by Crippen LogP contribution is 2.25. The van der Waals surface area contributed by atoms with Crippen LogP contribution in [0.15, 0.2) is 30.3 Å². The quantitative estimate of drug-likeness (QED) is 0.756. The monoisotopic (exact) mass is 352 g/mol. The van der Waals surface area contributed by atoms with Crippen molar-refractivity contribution in [3.63, 3.8) is 0 Å². The first-order valence-corrected chi connectivity index (χ1v) is 9.97. The number of imide groups is 1. The Kier molecular flexibility index (Phi) is 5.32. The average molecular weight is 352 g/mol. The number of benzene rings is 1. The Hall–Kier alpha value is -1.89. The Labute approximate surface area is 143 Å². The normalized spacial score (nSPS) is 18.8. The minimum Gasteiger partial charge on any atom is -0.326 e. The fraction of sp³-hybridized carbons (Fsp3) is 0.529. The lowest BCUT2D eigenvalue weighted by atomic mass is 9.85. The van der Waals surface area contributed by atoms with Gasteiger partial charge in [0.2, 0.25) is 0 Å². The van der Waals surface area contributed by atoms with Crippen LogP contribution >= 0.6 is 0 Å². The van der Waals surface area contributed by atoms with E-state index in [4.69, 9.17) is 0 Å². The minimum absolute atomic E-state index is 0.110. The van der Waals surface area contributed by atoms with Gasteiger partial charge in [0, 0.05) is 12.8 Å². The third kappa shape index (κ3) is 5.06. The van der Waals surface area contributed by atoms with E-state index in [9.17, 15) is 18.0 Å². The number of hydrogen-bond donors (Lipinski definition) is 1. The zero-order valence-electron chi connectivity index (χ0n) is 14.3. The van der Waals surface area contributed by atoms with Crippen LogP contribution in [0.2, 0.25) is 0 Å². The number of nitrogens with zero attached hydrogens (tertiary/aromatic N) is 1. The van der Waals surface area contributed by atoms with Crippen molar-refractivity contribution in [3.05, 3.63) is 35.9 Å².